The summed E-state index contributed by atoms with van der Waals surface area (Å²) < 4.78 is 0. The monoisotopic (exact) mass is 210 g/mol. The summed E-state index contributed by atoms with van der Waals surface area (Å²) >= 11 is 0. The van der Waals surface area contributed by atoms with Crippen LogP contribution in [0.5, 0.6) is 0 Å². The molecule has 0 amide bonds. The molecule has 1 heterocycles. The van der Waals surface area contributed by atoms with Crippen LogP contribution in [-0.4, -0.2) is 37.1 Å². The number of nitrogens with zero attached hydrogens (tertiary/aromatic N) is 1. The molecule has 1 saturated heterocycles. The van der Waals surface area contributed by atoms with Gasteiger partial charge < -0.3 is 10.2 Å². The van der Waals surface area contributed by atoms with Crippen LogP contribution in [0.2, 0.25) is 0 Å². The van der Waals surface area contributed by atoms with E-state index in [-0.39, 0.29) is 0 Å². The summed E-state index contributed by atoms with van der Waals surface area (Å²) in [4.78, 5) is 2.56. The Bertz CT molecular complexity index is 183. The van der Waals surface area contributed by atoms with Crippen molar-refractivity contribution < 1.29 is 0 Å². The second-order valence-corrected chi connectivity index (χ2v) is 5.49. The molecule has 1 aliphatic carbocycles. The average Bonchev–Trinajstić information content (AvgIpc) is 3.10. The highest BCUT2D eigenvalue weighted by Crippen LogP contribution is 2.34. The summed E-state index contributed by atoms with van der Waals surface area (Å²) in [6.45, 7) is 4.91. The summed E-state index contributed by atoms with van der Waals surface area (Å²) in [6, 6.07) is 1.61. The van der Waals surface area contributed by atoms with Gasteiger partial charge in [0.1, 0.15) is 0 Å². The van der Waals surface area contributed by atoms with E-state index in [0.717, 1.165) is 18.0 Å². The van der Waals surface area contributed by atoms with E-state index in [4.69, 9.17) is 0 Å². The number of nitrogens with one attached hydrogen (secondary N) is 1. The molecule has 2 atom stereocenters. The van der Waals surface area contributed by atoms with Crippen LogP contribution in [0.4, 0.5) is 0 Å². The zero-order chi connectivity index (χ0) is 10.7. The van der Waals surface area contributed by atoms with Crippen molar-refractivity contribution >= 4 is 0 Å². The van der Waals surface area contributed by atoms with Crippen molar-refractivity contribution in [3.8, 4) is 0 Å². The predicted octanol–water partition coefficient (Wildman–Crippen LogP) is 2.25. The molecular formula is C13H26N2. The predicted molar refractivity (Wildman–Crippen MR) is 65.1 cm³/mol. The van der Waals surface area contributed by atoms with Gasteiger partial charge in [0, 0.05) is 12.1 Å². The molecule has 2 fully saturated rings. The van der Waals surface area contributed by atoms with E-state index >= 15 is 0 Å². The van der Waals surface area contributed by atoms with Crippen LogP contribution in [0.1, 0.15) is 45.4 Å². The van der Waals surface area contributed by atoms with Crippen LogP contribution in [0, 0.1) is 5.92 Å². The van der Waals surface area contributed by atoms with Gasteiger partial charge in [0.25, 0.3) is 0 Å². The fourth-order valence-electron chi connectivity index (χ4n) is 2.67. The third-order valence-electron chi connectivity index (χ3n) is 4.24. The van der Waals surface area contributed by atoms with Gasteiger partial charge in [-0.15, -0.1) is 0 Å². The minimum atomic E-state index is 0.799. The van der Waals surface area contributed by atoms with Gasteiger partial charge in [0.2, 0.25) is 0 Å². The van der Waals surface area contributed by atoms with Crippen molar-refractivity contribution in [2.75, 3.05) is 20.1 Å². The summed E-state index contributed by atoms with van der Waals surface area (Å²) in [5.41, 5.74) is 0. The number of hydrogen-bond acceptors (Lipinski definition) is 2. The highest BCUT2D eigenvalue weighted by molar-refractivity contribution is 4.84. The van der Waals surface area contributed by atoms with Crippen molar-refractivity contribution in [2.45, 2.75) is 57.5 Å². The minimum absolute atomic E-state index is 0.799. The molecule has 1 aliphatic heterocycles. The number of rotatable bonds is 5. The summed E-state index contributed by atoms with van der Waals surface area (Å²) in [6.07, 6.45) is 8.48. The average molecular weight is 210 g/mol. The summed E-state index contributed by atoms with van der Waals surface area (Å²) in [7, 11) is 2.30. The standard InChI is InChI=1S/C13H26N2/c1-11(12-6-7-12)15(2)10-8-13-5-3-4-9-14-13/h11-14H,3-10H2,1-2H3. The zero-order valence-corrected chi connectivity index (χ0v) is 10.3. The van der Waals surface area contributed by atoms with E-state index in [0.29, 0.717) is 0 Å². The van der Waals surface area contributed by atoms with Crippen LogP contribution in [0.15, 0.2) is 0 Å². The van der Waals surface area contributed by atoms with Gasteiger partial charge in [-0.3, -0.25) is 0 Å². The first-order chi connectivity index (χ1) is 7.27. The third kappa shape index (κ3) is 3.46. The van der Waals surface area contributed by atoms with E-state index in [1.807, 2.05) is 0 Å². The van der Waals surface area contributed by atoms with Gasteiger partial charge in [0.15, 0.2) is 0 Å². The third-order valence-corrected chi connectivity index (χ3v) is 4.24. The lowest BCUT2D eigenvalue weighted by Gasteiger charge is -2.29. The van der Waals surface area contributed by atoms with Crippen LogP contribution in [0.25, 0.3) is 0 Å². The highest BCUT2D eigenvalue weighted by atomic mass is 15.1. The largest absolute Gasteiger partial charge is 0.314 e. The molecule has 15 heavy (non-hydrogen) atoms. The first kappa shape index (κ1) is 11.4. The molecule has 0 aromatic carbocycles. The van der Waals surface area contributed by atoms with Crippen molar-refractivity contribution in [1.82, 2.24) is 10.2 Å². The summed E-state index contributed by atoms with van der Waals surface area (Å²) in [5, 5.41) is 3.63. The lowest BCUT2D eigenvalue weighted by atomic mass is 10.0. The van der Waals surface area contributed by atoms with Crippen molar-refractivity contribution in [1.29, 1.82) is 0 Å². The minimum Gasteiger partial charge on any atom is -0.314 e. The quantitative estimate of drug-likeness (QED) is 0.749. The van der Waals surface area contributed by atoms with E-state index in [2.05, 4.69) is 24.2 Å². The second kappa shape index (κ2) is 5.31. The first-order valence-corrected chi connectivity index (χ1v) is 6.71. The molecule has 0 radical (unpaired) electrons. The molecule has 0 bridgehead atoms. The Hall–Kier alpha value is -0.0800. The van der Waals surface area contributed by atoms with Gasteiger partial charge in [-0.2, -0.15) is 0 Å². The molecule has 0 aromatic heterocycles. The Morgan fingerprint density at radius 2 is 2.07 bits per heavy atom. The molecular weight excluding hydrogens is 184 g/mol. The van der Waals surface area contributed by atoms with E-state index in [1.54, 1.807) is 0 Å². The second-order valence-electron chi connectivity index (χ2n) is 5.49. The maximum Gasteiger partial charge on any atom is 0.00921 e. The van der Waals surface area contributed by atoms with Gasteiger partial charge in [-0.1, -0.05) is 6.42 Å². The Labute approximate surface area is 94.4 Å². The highest BCUT2D eigenvalue weighted by Gasteiger charge is 2.30. The van der Waals surface area contributed by atoms with Gasteiger partial charge in [-0.05, 0) is 65.1 Å². The van der Waals surface area contributed by atoms with E-state index in [1.165, 1.54) is 51.6 Å². The smallest absolute Gasteiger partial charge is 0.00921 e. The molecule has 2 nitrogen and oxygen atoms in total. The van der Waals surface area contributed by atoms with Crippen molar-refractivity contribution in [2.24, 2.45) is 5.92 Å². The molecule has 0 aromatic rings. The Morgan fingerprint density at radius 3 is 2.67 bits per heavy atom. The molecule has 2 unspecified atom stereocenters. The van der Waals surface area contributed by atoms with Gasteiger partial charge in [0.05, 0.1) is 0 Å². The molecule has 0 spiro atoms. The van der Waals surface area contributed by atoms with E-state index < -0.39 is 0 Å². The normalized spacial score (nSPS) is 29.4. The Kier molecular flexibility index (Phi) is 4.04. The van der Waals surface area contributed by atoms with Gasteiger partial charge >= 0.3 is 0 Å². The molecule has 1 N–H and O–H groups in total. The van der Waals surface area contributed by atoms with Crippen molar-refractivity contribution in [3.63, 3.8) is 0 Å². The topological polar surface area (TPSA) is 15.3 Å². The van der Waals surface area contributed by atoms with Crippen LogP contribution < -0.4 is 5.32 Å². The molecule has 2 heteroatoms. The lowest BCUT2D eigenvalue weighted by molar-refractivity contribution is 0.215. The SMILES string of the molecule is CC(C1CC1)N(C)CCC1CCCCN1. The van der Waals surface area contributed by atoms with Crippen molar-refractivity contribution in [3.05, 3.63) is 0 Å². The fourth-order valence-corrected chi connectivity index (χ4v) is 2.67. The fraction of sp³-hybridized carbons (Fsp3) is 1.00. The number of piperidine rings is 1. The summed E-state index contributed by atoms with van der Waals surface area (Å²) in [5.74, 6) is 1.01. The zero-order valence-electron chi connectivity index (χ0n) is 10.3. The van der Waals surface area contributed by atoms with Crippen LogP contribution in [-0.2, 0) is 0 Å². The maximum absolute atomic E-state index is 3.63. The lowest BCUT2D eigenvalue weighted by Crippen LogP contribution is -2.39. The first-order valence-electron chi connectivity index (χ1n) is 6.71. The molecule has 2 rings (SSSR count). The maximum atomic E-state index is 3.63. The van der Waals surface area contributed by atoms with Crippen LogP contribution >= 0.6 is 0 Å². The molecule has 1 saturated carbocycles. The van der Waals surface area contributed by atoms with Crippen LogP contribution in [0.3, 0.4) is 0 Å². The van der Waals surface area contributed by atoms with E-state index in [9.17, 15) is 0 Å². The molecule has 88 valence electrons. The number of hydrogen-bond donors (Lipinski definition) is 1. The Balaban J connectivity index is 1.62. The molecule has 2 aliphatic rings. The Morgan fingerprint density at radius 1 is 1.27 bits per heavy atom. The van der Waals surface area contributed by atoms with Gasteiger partial charge in [-0.25, -0.2) is 0 Å².